The molecule has 0 aliphatic carbocycles. The average molecular weight is 357 g/mol. The Bertz CT molecular complexity index is 824. The fraction of sp³-hybridized carbons (Fsp3) is 0.316. The summed E-state index contributed by atoms with van der Waals surface area (Å²) in [7, 11) is 0. The lowest BCUT2D eigenvalue weighted by Crippen LogP contribution is -2.33. The van der Waals surface area contributed by atoms with Crippen LogP contribution in [0.3, 0.4) is 0 Å². The largest absolute Gasteiger partial charge is 0.469 e. The van der Waals surface area contributed by atoms with Gasteiger partial charge in [0.1, 0.15) is 5.76 Å². The third-order valence-corrected chi connectivity index (χ3v) is 3.82. The van der Waals surface area contributed by atoms with Crippen molar-refractivity contribution in [1.82, 2.24) is 5.32 Å². The molecule has 2 rings (SSSR count). The van der Waals surface area contributed by atoms with Crippen LogP contribution in [0, 0.1) is 19.8 Å². The highest BCUT2D eigenvalue weighted by Crippen LogP contribution is 2.20. The van der Waals surface area contributed by atoms with Gasteiger partial charge < -0.3 is 20.4 Å². The van der Waals surface area contributed by atoms with Crippen LogP contribution in [0.4, 0.5) is 11.4 Å². The molecule has 0 fully saturated rings. The van der Waals surface area contributed by atoms with E-state index in [9.17, 15) is 14.4 Å². The van der Waals surface area contributed by atoms with Gasteiger partial charge in [0.2, 0.25) is 11.8 Å². The summed E-state index contributed by atoms with van der Waals surface area (Å²) in [4.78, 5) is 35.9. The normalized spacial score (nSPS) is 10.5. The molecule has 1 aromatic carbocycles. The number of rotatable bonds is 6. The topological polar surface area (TPSA) is 100 Å². The summed E-state index contributed by atoms with van der Waals surface area (Å²) in [5, 5.41) is 8.07. The molecule has 0 radical (unpaired) electrons. The predicted octanol–water partition coefficient (Wildman–Crippen LogP) is 2.86. The van der Waals surface area contributed by atoms with E-state index >= 15 is 0 Å². The molecule has 1 aromatic heterocycles. The molecule has 0 bridgehead atoms. The van der Waals surface area contributed by atoms with Crippen LogP contribution in [-0.2, 0) is 9.59 Å². The minimum absolute atomic E-state index is 0.103. The van der Waals surface area contributed by atoms with Crippen LogP contribution in [0.25, 0.3) is 0 Å². The van der Waals surface area contributed by atoms with Crippen molar-refractivity contribution >= 4 is 29.1 Å². The van der Waals surface area contributed by atoms with Crippen LogP contribution in [0.2, 0.25) is 0 Å². The van der Waals surface area contributed by atoms with Crippen molar-refractivity contribution < 1.29 is 18.8 Å². The van der Waals surface area contributed by atoms with E-state index in [4.69, 9.17) is 4.42 Å². The lowest BCUT2D eigenvalue weighted by Gasteiger charge is -2.13. The Morgan fingerprint density at radius 1 is 1.08 bits per heavy atom. The Morgan fingerprint density at radius 2 is 1.81 bits per heavy atom. The fourth-order valence-corrected chi connectivity index (χ4v) is 2.19. The van der Waals surface area contributed by atoms with Crippen LogP contribution in [0.5, 0.6) is 0 Å². The maximum Gasteiger partial charge on any atom is 0.255 e. The van der Waals surface area contributed by atoms with Gasteiger partial charge in [-0.3, -0.25) is 14.4 Å². The molecule has 2 aromatic rings. The summed E-state index contributed by atoms with van der Waals surface area (Å²) in [6, 6.07) is 6.82. The van der Waals surface area contributed by atoms with Crippen LogP contribution in [0.1, 0.15) is 35.5 Å². The molecule has 7 heteroatoms. The molecule has 0 unspecified atom stereocenters. The van der Waals surface area contributed by atoms with Gasteiger partial charge >= 0.3 is 0 Å². The summed E-state index contributed by atoms with van der Waals surface area (Å²) in [6.45, 7) is 6.95. The summed E-state index contributed by atoms with van der Waals surface area (Å²) in [6.07, 6.45) is 1.42. The molecule has 26 heavy (non-hydrogen) atoms. The highest BCUT2D eigenvalue weighted by Gasteiger charge is 2.14. The quantitative estimate of drug-likeness (QED) is 0.740. The monoisotopic (exact) mass is 357 g/mol. The van der Waals surface area contributed by atoms with E-state index in [0.29, 0.717) is 22.7 Å². The number of anilines is 2. The molecule has 0 atom stereocenters. The van der Waals surface area contributed by atoms with E-state index in [1.807, 2.05) is 6.92 Å². The van der Waals surface area contributed by atoms with Crippen molar-refractivity contribution in [3.8, 4) is 0 Å². The Kier molecular flexibility index (Phi) is 6.16. The minimum Gasteiger partial charge on any atom is -0.469 e. The molecule has 0 aliphatic heterocycles. The smallest absolute Gasteiger partial charge is 0.255 e. The predicted molar refractivity (Wildman–Crippen MR) is 99.1 cm³/mol. The van der Waals surface area contributed by atoms with Gasteiger partial charge in [-0.05, 0) is 37.6 Å². The zero-order chi connectivity index (χ0) is 19.3. The van der Waals surface area contributed by atoms with Crippen molar-refractivity contribution in [2.45, 2.75) is 27.7 Å². The maximum absolute atomic E-state index is 12.1. The van der Waals surface area contributed by atoms with Gasteiger partial charge in [-0.1, -0.05) is 19.9 Å². The summed E-state index contributed by atoms with van der Waals surface area (Å²) < 4.78 is 5.07. The number of carbonyl (C=O) groups is 3. The Morgan fingerprint density at radius 3 is 2.42 bits per heavy atom. The van der Waals surface area contributed by atoms with Crippen molar-refractivity contribution in [3.63, 3.8) is 0 Å². The highest BCUT2D eigenvalue weighted by molar-refractivity contribution is 6.00. The number of amides is 3. The molecule has 138 valence electrons. The number of aryl methyl sites for hydroxylation is 2. The van der Waals surface area contributed by atoms with E-state index in [2.05, 4.69) is 16.0 Å². The third-order valence-electron chi connectivity index (χ3n) is 3.82. The SMILES string of the molecule is Cc1ccc(NC(=O)C(C)C)cc1NC(=O)CNC(=O)c1ccoc1C. The fourth-order valence-electron chi connectivity index (χ4n) is 2.19. The van der Waals surface area contributed by atoms with E-state index in [1.54, 1.807) is 45.0 Å². The van der Waals surface area contributed by atoms with Crippen LogP contribution >= 0.6 is 0 Å². The second-order valence-corrected chi connectivity index (χ2v) is 6.29. The Hall–Kier alpha value is -3.09. The second-order valence-electron chi connectivity index (χ2n) is 6.29. The van der Waals surface area contributed by atoms with Crippen molar-refractivity contribution in [2.75, 3.05) is 17.2 Å². The second kappa shape index (κ2) is 8.33. The van der Waals surface area contributed by atoms with Gasteiger partial charge in [0.25, 0.3) is 5.91 Å². The molecule has 0 spiro atoms. The Labute approximate surface area is 152 Å². The molecule has 7 nitrogen and oxygen atoms in total. The molecule has 3 amide bonds. The van der Waals surface area contributed by atoms with E-state index < -0.39 is 0 Å². The standard InChI is InChI=1S/C19H23N3O4/c1-11(2)18(24)21-14-6-5-12(3)16(9-14)22-17(23)10-20-19(25)15-7-8-26-13(15)4/h5-9,11H,10H2,1-4H3,(H,20,25)(H,21,24)(H,22,23). The zero-order valence-corrected chi connectivity index (χ0v) is 15.3. The average Bonchev–Trinajstić information content (AvgIpc) is 3.01. The first-order valence-electron chi connectivity index (χ1n) is 8.31. The first kappa shape index (κ1) is 19.2. The van der Waals surface area contributed by atoms with Gasteiger partial charge in [0.05, 0.1) is 18.4 Å². The highest BCUT2D eigenvalue weighted by atomic mass is 16.3. The number of nitrogens with one attached hydrogen (secondary N) is 3. The van der Waals surface area contributed by atoms with Crippen molar-refractivity contribution in [3.05, 3.63) is 47.4 Å². The summed E-state index contributed by atoms with van der Waals surface area (Å²) in [5.74, 6) is -0.492. The van der Waals surface area contributed by atoms with E-state index in [-0.39, 0.29) is 30.2 Å². The summed E-state index contributed by atoms with van der Waals surface area (Å²) >= 11 is 0. The summed E-state index contributed by atoms with van der Waals surface area (Å²) in [5.41, 5.74) is 2.42. The first-order valence-corrected chi connectivity index (χ1v) is 8.31. The van der Waals surface area contributed by atoms with E-state index in [1.165, 1.54) is 6.26 Å². The van der Waals surface area contributed by atoms with Crippen molar-refractivity contribution in [1.29, 1.82) is 0 Å². The molecular weight excluding hydrogens is 334 g/mol. The third kappa shape index (κ3) is 4.95. The first-order chi connectivity index (χ1) is 12.3. The number of hydrogen-bond acceptors (Lipinski definition) is 4. The molecular formula is C19H23N3O4. The maximum atomic E-state index is 12.1. The molecule has 1 heterocycles. The number of hydrogen-bond donors (Lipinski definition) is 3. The lowest BCUT2D eigenvalue weighted by atomic mass is 10.1. The van der Waals surface area contributed by atoms with Gasteiger partial charge in [-0.15, -0.1) is 0 Å². The minimum atomic E-state index is -0.374. The lowest BCUT2D eigenvalue weighted by molar-refractivity contribution is -0.119. The van der Waals surface area contributed by atoms with Gasteiger partial charge in [-0.25, -0.2) is 0 Å². The van der Waals surface area contributed by atoms with Gasteiger partial charge in [-0.2, -0.15) is 0 Å². The van der Waals surface area contributed by atoms with Crippen molar-refractivity contribution in [2.24, 2.45) is 5.92 Å². The Balaban J connectivity index is 1.96. The molecule has 3 N–H and O–H groups in total. The van der Waals surface area contributed by atoms with Gasteiger partial charge in [0, 0.05) is 17.3 Å². The van der Waals surface area contributed by atoms with Gasteiger partial charge in [0.15, 0.2) is 0 Å². The number of carbonyl (C=O) groups excluding carboxylic acids is 3. The number of benzene rings is 1. The molecule has 0 aliphatic rings. The molecule has 0 saturated carbocycles. The van der Waals surface area contributed by atoms with Crippen LogP contribution < -0.4 is 16.0 Å². The van der Waals surface area contributed by atoms with Crippen LogP contribution in [-0.4, -0.2) is 24.3 Å². The molecule has 0 saturated heterocycles. The van der Waals surface area contributed by atoms with E-state index in [0.717, 1.165) is 5.56 Å². The van der Waals surface area contributed by atoms with Crippen LogP contribution in [0.15, 0.2) is 34.9 Å². The zero-order valence-electron chi connectivity index (χ0n) is 15.3. The number of furan rings is 1.